The van der Waals surface area contributed by atoms with Crippen molar-refractivity contribution < 1.29 is 33.2 Å². The van der Waals surface area contributed by atoms with E-state index in [1.807, 2.05) is 0 Å². The van der Waals surface area contributed by atoms with Gasteiger partial charge in [0.15, 0.2) is 17.5 Å². The zero-order chi connectivity index (χ0) is 22.7. The molecule has 2 heterocycles. The first-order chi connectivity index (χ1) is 14.7. The van der Waals surface area contributed by atoms with Crippen LogP contribution in [0.15, 0.2) is 41.7 Å². The highest BCUT2D eigenvalue weighted by atomic mass is 35.5. The van der Waals surface area contributed by atoms with E-state index in [1.54, 1.807) is 6.07 Å². The third-order valence-electron chi connectivity index (χ3n) is 4.56. The van der Waals surface area contributed by atoms with Gasteiger partial charge in [-0.25, -0.2) is 13.2 Å². The maximum absolute atomic E-state index is 13.4. The number of aromatic nitrogens is 1. The van der Waals surface area contributed by atoms with Crippen LogP contribution in [0.1, 0.15) is 5.56 Å². The van der Waals surface area contributed by atoms with Gasteiger partial charge in [-0.15, -0.1) is 0 Å². The smallest absolute Gasteiger partial charge is 0.194 e. The van der Waals surface area contributed by atoms with E-state index in [1.165, 1.54) is 12.4 Å². The summed E-state index contributed by atoms with van der Waals surface area (Å²) in [5.74, 6) is -4.45. The molecule has 168 valence electrons. The van der Waals surface area contributed by atoms with Gasteiger partial charge in [-0.05, 0) is 18.2 Å². The van der Waals surface area contributed by atoms with E-state index in [0.717, 1.165) is 18.0 Å². The number of halogens is 4. The number of pyridine rings is 1. The first kappa shape index (κ1) is 23.6. The molecule has 0 amide bonds. The van der Waals surface area contributed by atoms with Crippen LogP contribution in [0.3, 0.4) is 0 Å². The highest BCUT2D eigenvalue weighted by Gasteiger charge is 2.44. The standard InChI is InChI=1S/C19H19ClF3N3O4S/c20-9-3-10(5-25-4-9)31-19-18(29)16(17(28)14(7-27)30-19)26-6-13(24)8-1-11(21)15(23)12(22)2-8/h1-6,14,16-19,26-29H,7,24H2/b13-6-. The lowest BCUT2D eigenvalue weighted by atomic mass is 9.97. The molecule has 5 unspecified atom stereocenters. The fourth-order valence-corrected chi connectivity index (χ4v) is 4.29. The molecule has 0 saturated carbocycles. The SMILES string of the molecule is N/C(=C\NC1C(O)C(CO)OC(Sc2cncc(Cl)c2)C1O)c1cc(F)c(F)c(F)c1. The Labute approximate surface area is 184 Å². The minimum absolute atomic E-state index is 0.144. The van der Waals surface area contributed by atoms with Gasteiger partial charge in [0.25, 0.3) is 0 Å². The monoisotopic (exact) mass is 477 g/mol. The van der Waals surface area contributed by atoms with Crippen LogP contribution >= 0.6 is 23.4 Å². The normalized spacial score (nSPS) is 26.7. The van der Waals surface area contributed by atoms with Crippen LogP contribution in [0.4, 0.5) is 13.2 Å². The van der Waals surface area contributed by atoms with Crippen molar-refractivity contribution in [2.24, 2.45) is 5.73 Å². The second-order valence-corrected chi connectivity index (χ2v) is 8.32. The maximum atomic E-state index is 13.4. The van der Waals surface area contributed by atoms with Crippen molar-refractivity contribution in [1.29, 1.82) is 0 Å². The number of hydrogen-bond acceptors (Lipinski definition) is 8. The van der Waals surface area contributed by atoms with Crippen LogP contribution in [0, 0.1) is 17.5 Å². The minimum Gasteiger partial charge on any atom is -0.397 e. The van der Waals surface area contributed by atoms with Crippen LogP contribution in [-0.2, 0) is 4.74 Å². The number of ether oxygens (including phenoxy) is 1. The molecule has 0 spiro atoms. The minimum atomic E-state index is -1.62. The quantitative estimate of drug-likeness (QED) is 0.398. The number of aliphatic hydroxyl groups excluding tert-OH is 3. The van der Waals surface area contributed by atoms with E-state index in [9.17, 15) is 28.5 Å². The van der Waals surface area contributed by atoms with Gasteiger partial charge in [0.05, 0.1) is 23.4 Å². The van der Waals surface area contributed by atoms with E-state index in [0.29, 0.717) is 22.1 Å². The molecule has 1 aliphatic heterocycles. The van der Waals surface area contributed by atoms with E-state index in [2.05, 4.69) is 10.3 Å². The number of benzene rings is 1. The van der Waals surface area contributed by atoms with Crippen LogP contribution in [-0.4, -0.2) is 56.7 Å². The Morgan fingerprint density at radius 2 is 1.87 bits per heavy atom. The molecular formula is C19H19ClF3N3O4S. The number of thioether (sulfide) groups is 1. The highest BCUT2D eigenvalue weighted by Crippen LogP contribution is 2.34. The third-order valence-corrected chi connectivity index (χ3v) is 5.89. The topological polar surface area (TPSA) is 121 Å². The second kappa shape index (κ2) is 10.1. The molecule has 12 heteroatoms. The summed E-state index contributed by atoms with van der Waals surface area (Å²) in [5, 5.41) is 33.8. The molecule has 31 heavy (non-hydrogen) atoms. The van der Waals surface area contributed by atoms with E-state index >= 15 is 0 Å². The zero-order valence-electron chi connectivity index (χ0n) is 15.8. The fourth-order valence-electron chi connectivity index (χ4n) is 2.96. The van der Waals surface area contributed by atoms with Crippen molar-refractivity contribution in [3.8, 4) is 0 Å². The lowest BCUT2D eigenvalue weighted by Gasteiger charge is -2.42. The average molecular weight is 478 g/mol. The molecule has 1 aromatic carbocycles. The van der Waals surface area contributed by atoms with Crippen molar-refractivity contribution >= 4 is 29.1 Å². The Hall–Kier alpha value is -2.02. The first-order valence-corrected chi connectivity index (χ1v) is 10.2. The van der Waals surface area contributed by atoms with E-state index in [-0.39, 0.29) is 11.3 Å². The van der Waals surface area contributed by atoms with Gasteiger partial charge in [0, 0.05) is 29.1 Å². The molecule has 7 nitrogen and oxygen atoms in total. The molecule has 1 fully saturated rings. The Bertz CT molecular complexity index is 948. The Morgan fingerprint density at radius 1 is 1.19 bits per heavy atom. The maximum Gasteiger partial charge on any atom is 0.194 e. The molecular weight excluding hydrogens is 459 g/mol. The Balaban J connectivity index is 1.80. The van der Waals surface area contributed by atoms with Gasteiger partial charge >= 0.3 is 0 Å². The van der Waals surface area contributed by atoms with E-state index in [4.69, 9.17) is 22.1 Å². The second-order valence-electron chi connectivity index (χ2n) is 6.71. The Kier molecular flexibility index (Phi) is 7.68. The molecule has 0 bridgehead atoms. The number of nitrogens with one attached hydrogen (secondary N) is 1. The van der Waals surface area contributed by atoms with Gasteiger partial charge in [-0.3, -0.25) is 4.98 Å². The van der Waals surface area contributed by atoms with Crippen molar-refractivity contribution in [3.05, 3.63) is 64.8 Å². The number of nitrogens with zero attached hydrogens (tertiary/aromatic N) is 1. The lowest BCUT2D eigenvalue weighted by Crippen LogP contribution is -2.62. The first-order valence-electron chi connectivity index (χ1n) is 8.97. The number of hydrogen-bond donors (Lipinski definition) is 5. The fraction of sp³-hybridized carbons (Fsp3) is 0.316. The van der Waals surface area contributed by atoms with E-state index < -0.39 is 53.8 Å². The summed E-state index contributed by atoms with van der Waals surface area (Å²) in [5.41, 5.74) is 4.56. The number of nitrogens with two attached hydrogens (primary N) is 1. The summed E-state index contributed by atoms with van der Waals surface area (Å²) < 4.78 is 45.6. The lowest BCUT2D eigenvalue weighted by molar-refractivity contribution is -0.164. The molecule has 1 aliphatic rings. The number of rotatable bonds is 6. The van der Waals surface area contributed by atoms with Gasteiger partial charge in [0.1, 0.15) is 23.7 Å². The molecule has 2 aromatic rings. The molecule has 1 saturated heterocycles. The number of aliphatic hydroxyl groups is 3. The highest BCUT2D eigenvalue weighted by molar-refractivity contribution is 7.99. The van der Waals surface area contributed by atoms with Crippen molar-refractivity contribution in [2.75, 3.05) is 6.61 Å². The predicted molar refractivity (Wildman–Crippen MR) is 108 cm³/mol. The summed E-state index contributed by atoms with van der Waals surface area (Å²) in [6, 6.07) is 1.96. The summed E-state index contributed by atoms with van der Waals surface area (Å²) in [6.07, 6.45) is 0.367. The molecule has 6 N–H and O–H groups in total. The van der Waals surface area contributed by atoms with Crippen LogP contribution < -0.4 is 11.1 Å². The Morgan fingerprint density at radius 3 is 2.48 bits per heavy atom. The third kappa shape index (κ3) is 5.43. The average Bonchev–Trinajstić information content (AvgIpc) is 2.73. The van der Waals surface area contributed by atoms with Crippen LogP contribution in [0.5, 0.6) is 0 Å². The van der Waals surface area contributed by atoms with Gasteiger partial charge in [-0.2, -0.15) is 0 Å². The summed E-state index contributed by atoms with van der Waals surface area (Å²) in [4.78, 5) is 4.52. The van der Waals surface area contributed by atoms with Gasteiger partial charge < -0.3 is 31.1 Å². The van der Waals surface area contributed by atoms with Gasteiger partial charge in [0.2, 0.25) is 0 Å². The van der Waals surface area contributed by atoms with Gasteiger partial charge in [-0.1, -0.05) is 23.4 Å². The van der Waals surface area contributed by atoms with Crippen molar-refractivity contribution in [1.82, 2.24) is 10.3 Å². The largest absolute Gasteiger partial charge is 0.397 e. The predicted octanol–water partition coefficient (Wildman–Crippen LogP) is 1.60. The summed E-state index contributed by atoms with van der Waals surface area (Å²) >= 11 is 6.99. The van der Waals surface area contributed by atoms with Crippen molar-refractivity contribution in [2.45, 2.75) is 34.7 Å². The molecule has 5 atom stereocenters. The molecule has 0 radical (unpaired) electrons. The zero-order valence-corrected chi connectivity index (χ0v) is 17.3. The molecule has 0 aliphatic carbocycles. The summed E-state index contributed by atoms with van der Waals surface area (Å²) in [6.45, 7) is -0.537. The molecule has 3 rings (SSSR count). The summed E-state index contributed by atoms with van der Waals surface area (Å²) in [7, 11) is 0. The van der Waals surface area contributed by atoms with Crippen LogP contribution in [0.2, 0.25) is 5.02 Å². The van der Waals surface area contributed by atoms with Crippen molar-refractivity contribution in [3.63, 3.8) is 0 Å². The van der Waals surface area contributed by atoms with Crippen LogP contribution in [0.25, 0.3) is 5.70 Å². The molecule has 1 aromatic heterocycles.